The lowest BCUT2D eigenvalue weighted by molar-refractivity contribution is -0.119. The molecule has 0 bridgehead atoms. The number of sulfonamides is 1. The Labute approximate surface area is 232 Å². The van der Waals surface area contributed by atoms with Crippen molar-refractivity contribution >= 4 is 38.9 Å². The first-order chi connectivity index (χ1) is 18.8. The first-order valence-electron chi connectivity index (χ1n) is 13.7. The summed E-state index contributed by atoms with van der Waals surface area (Å²) >= 11 is 0. The lowest BCUT2D eigenvalue weighted by Crippen LogP contribution is -2.39. The van der Waals surface area contributed by atoms with Crippen molar-refractivity contribution in [2.24, 2.45) is 5.10 Å². The summed E-state index contributed by atoms with van der Waals surface area (Å²) in [5, 5.41) is 7.03. The minimum absolute atomic E-state index is 0.00847. The first kappa shape index (κ1) is 30.1. The van der Waals surface area contributed by atoms with Crippen molar-refractivity contribution in [2.75, 3.05) is 23.3 Å². The lowest BCUT2D eigenvalue weighted by atomic mass is 10.00. The normalized spacial score (nSPS) is 15.3. The summed E-state index contributed by atoms with van der Waals surface area (Å²) in [6, 6.07) is 12.3. The molecule has 9 nitrogen and oxygen atoms in total. The molecule has 0 radical (unpaired) electrons. The van der Waals surface area contributed by atoms with Gasteiger partial charge in [-0.05, 0) is 74.2 Å². The molecule has 3 rings (SSSR count). The van der Waals surface area contributed by atoms with E-state index in [1.165, 1.54) is 70.4 Å². The lowest BCUT2D eigenvalue weighted by Gasteiger charge is -2.24. The maximum Gasteiger partial charge on any atom is 0.264 e. The standard InChI is InChI=1S/C29H40N4O5S/c1-23(34)30-24-14-20-28(21-15-24)39(36,37)33(26-16-18-27(38-2)19-17-26)22-29(35)32-31-25-12-10-8-6-4-3-5-7-9-11-13-25/h14-21H,3-13,22H2,1-2H3,(H,30,34)(H,32,35). The largest absolute Gasteiger partial charge is 0.497 e. The average Bonchev–Trinajstić information content (AvgIpc) is 2.91. The molecule has 1 saturated carbocycles. The zero-order chi connectivity index (χ0) is 28.1. The molecular weight excluding hydrogens is 516 g/mol. The van der Waals surface area contributed by atoms with E-state index in [9.17, 15) is 18.0 Å². The molecule has 1 fully saturated rings. The molecule has 0 saturated heterocycles. The average molecular weight is 557 g/mol. The van der Waals surface area contributed by atoms with Crippen molar-refractivity contribution in [1.82, 2.24) is 5.43 Å². The van der Waals surface area contributed by atoms with Crippen LogP contribution < -0.4 is 19.8 Å². The fourth-order valence-corrected chi connectivity index (χ4v) is 5.96. The van der Waals surface area contributed by atoms with E-state index in [0.29, 0.717) is 17.1 Å². The van der Waals surface area contributed by atoms with Crippen LogP contribution in [0.4, 0.5) is 11.4 Å². The van der Waals surface area contributed by atoms with Gasteiger partial charge in [-0.15, -0.1) is 0 Å². The van der Waals surface area contributed by atoms with E-state index >= 15 is 0 Å². The maximum absolute atomic E-state index is 13.7. The summed E-state index contributed by atoms with van der Waals surface area (Å²) < 4.78 is 33.6. The van der Waals surface area contributed by atoms with Crippen LogP contribution in [-0.4, -0.2) is 39.6 Å². The molecule has 10 heteroatoms. The number of rotatable bonds is 8. The van der Waals surface area contributed by atoms with Gasteiger partial charge in [0.2, 0.25) is 5.91 Å². The predicted octanol–water partition coefficient (Wildman–Crippen LogP) is 5.63. The van der Waals surface area contributed by atoms with Crippen LogP contribution in [0.1, 0.15) is 77.6 Å². The van der Waals surface area contributed by atoms with Crippen molar-refractivity contribution in [2.45, 2.75) is 82.4 Å². The quantitative estimate of drug-likeness (QED) is 0.409. The monoisotopic (exact) mass is 556 g/mol. The van der Waals surface area contributed by atoms with E-state index in [1.54, 1.807) is 24.3 Å². The topological polar surface area (TPSA) is 117 Å². The molecule has 2 aromatic rings. The summed E-state index contributed by atoms with van der Waals surface area (Å²) in [6.45, 7) is 0.930. The third-order valence-electron chi connectivity index (χ3n) is 6.68. The molecule has 0 heterocycles. The number of hydrazone groups is 1. The summed E-state index contributed by atoms with van der Waals surface area (Å²) in [7, 11) is -2.59. The van der Waals surface area contributed by atoms with E-state index in [0.717, 1.165) is 48.5 Å². The van der Waals surface area contributed by atoms with Crippen molar-refractivity contribution in [1.29, 1.82) is 0 Å². The van der Waals surface area contributed by atoms with E-state index < -0.39 is 22.5 Å². The van der Waals surface area contributed by atoms with Gasteiger partial charge in [-0.25, -0.2) is 13.8 Å². The highest BCUT2D eigenvalue weighted by Gasteiger charge is 2.27. The number of ether oxygens (including phenoxy) is 1. The maximum atomic E-state index is 13.7. The number of amides is 2. The second-order valence-corrected chi connectivity index (χ2v) is 11.7. The van der Waals surface area contributed by atoms with Gasteiger partial charge < -0.3 is 10.1 Å². The molecule has 0 aromatic heterocycles. The molecular formula is C29H40N4O5S. The smallest absolute Gasteiger partial charge is 0.264 e. The van der Waals surface area contributed by atoms with Gasteiger partial charge in [-0.1, -0.05) is 44.9 Å². The zero-order valence-corrected chi connectivity index (χ0v) is 23.8. The van der Waals surface area contributed by atoms with Crippen molar-refractivity contribution in [3.8, 4) is 5.75 Å². The minimum atomic E-state index is -4.11. The molecule has 2 aromatic carbocycles. The Kier molecular flexibility index (Phi) is 11.8. The molecule has 39 heavy (non-hydrogen) atoms. The summed E-state index contributed by atoms with van der Waals surface area (Å²) in [6.07, 6.45) is 12.3. The van der Waals surface area contributed by atoms with E-state index in [2.05, 4.69) is 15.8 Å². The van der Waals surface area contributed by atoms with Gasteiger partial charge in [0.15, 0.2) is 0 Å². The molecule has 0 unspecified atom stereocenters. The first-order valence-corrected chi connectivity index (χ1v) is 15.1. The van der Waals surface area contributed by atoms with Gasteiger partial charge in [-0.3, -0.25) is 13.9 Å². The SMILES string of the molecule is COc1ccc(N(CC(=O)NN=C2CCCCCCCCCCC2)S(=O)(=O)c2ccc(NC(C)=O)cc2)cc1. The Balaban J connectivity index is 1.79. The van der Waals surface area contributed by atoms with Crippen LogP contribution in [0, 0.1) is 0 Å². The highest BCUT2D eigenvalue weighted by molar-refractivity contribution is 7.92. The van der Waals surface area contributed by atoms with Crippen LogP contribution in [0.5, 0.6) is 5.75 Å². The Bertz CT molecular complexity index is 1200. The molecule has 2 N–H and O–H groups in total. The Morgan fingerprint density at radius 3 is 1.90 bits per heavy atom. The molecule has 0 aliphatic heterocycles. The molecule has 1 aliphatic carbocycles. The third-order valence-corrected chi connectivity index (χ3v) is 8.47. The zero-order valence-electron chi connectivity index (χ0n) is 22.9. The van der Waals surface area contributed by atoms with Gasteiger partial charge in [0.25, 0.3) is 15.9 Å². The van der Waals surface area contributed by atoms with Gasteiger partial charge >= 0.3 is 0 Å². The molecule has 2 amide bonds. The number of carbonyl (C=O) groups is 2. The highest BCUT2D eigenvalue weighted by atomic mass is 32.2. The van der Waals surface area contributed by atoms with Crippen LogP contribution >= 0.6 is 0 Å². The Hall–Kier alpha value is -3.40. The van der Waals surface area contributed by atoms with Crippen molar-refractivity contribution in [3.05, 3.63) is 48.5 Å². The van der Waals surface area contributed by atoms with Gasteiger partial charge in [-0.2, -0.15) is 5.10 Å². The second-order valence-electron chi connectivity index (χ2n) is 9.81. The van der Waals surface area contributed by atoms with Crippen molar-refractivity contribution < 1.29 is 22.7 Å². The van der Waals surface area contributed by atoms with Crippen molar-refractivity contribution in [3.63, 3.8) is 0 Å². The molecule has 212 valence electrons. The third kappa shape index (κ3) is 9.69. The van der Waals surface area contributed by atoms with Crippen LogP contribution in [-0.2, 0) is 19.6 Å². The summed E-state index contributed by atoms with van der Waals surface area (Å²) in [5.41, 5.74) is 4.36. The van der Waals surface area contributed by atoms with Crippen LogP contribution in [0.25, 0.3) is 0 Å². The number of hydrogen-bond acceptors (Lipinski definition) is 6. The van der Waals surface area contributed by atoms with Gasteiger partial charge in [0.05, 0.1) is 17.7 Å². The van der Waals surface area contributed by atoms with Crippen LogP contribution in [0.15, 0.2) is 58.5 Å². The molecule has 1 aliphatic rings. The summed E-state index contributed by atoms with van der Waals surface area (Å²) in [5.74, 6) is -0.220. The van der Waals surface area contributed by atoms with E-state index in [4.69, 9.17) is 4.74 Å². The Morgan fingerprint density at radius 2 is 1.38 bits per heavy atom. The number of benzene rings is 2. The Morgan fingerprint density at radius 1 is 0.846 bits per heavy atom. The highest BCUT2D eigenvalue weighted by Crippen LogP contribution is 2.26. The van der Waals surface area contributed by atoms with Crippen LogP contribution in [0.2, 0.25) is 0 Å². The number of nitrogens with one attached hydrogen (secondary N) is 2. The minimum Gasteiger partial charge on any atom is -0.497 e. The number of hydrogen-bond donors (Lipinski definition) is 2. The molecule has 0 spiro atoms. The summed E-state index contributed by atoms with van der Waals surface area (Å²) in [4.78, 5) is 24.4. The number of anilines is 2. The fraction of sp³-hybridized carbons (Fsp3) is 0.483. The van der Waals surface area contributed by atoms with Gasteiger partial charge in [0, 0.05) is 18.3 Å². The van der Waals surface area contributed by atoms with Crippen LogP contribution in [0.3, 0.4) is 0 Å². The fourth-order valence-electron chi connectivity index (χ4n) is 4.54. The number of nitrogens with zero attached hydrogens (tertiary/aromatic N) is 2. The predicted molar refractivity (Wildman–Crippen MR) is 155 cm³/mol. The number of carbonyl (C=O) groups excluding carboxylic acids is 2. The van der Waals surface area contributed by atoms with E-state index in [-0.39, 0.29) is 10.8 Å². The van der Waals surface area contributed by atoms with Gasteiger partial charge in [0.1, 0.15) is 12.3 Å². The number of methoxy groups -OCH3 is 1. The molecule has 0 atom stereocenters. The second kappa shape index (κ2) is 15.3. The van der Waals surface area contributed by atoms with E-state index in [1.807, 2.05) is 0 Å².